The molecule has 0 radical (unpaired) electrons. The van der Waals surface area contributed by atoms with Gasteiger partial charge in [-0.1, -0.05) is 51.3 Å². The summed E-state index contributed by atoms with van der Waals surface area (Å²) in [5, 5.41) is 12.6. The number of ketones is 1. The minimum Gasteiger partial charge on any atom is -0.392 e. The lowest BCUT2D eigenvalue weighted by Crippen LogP contribution is -2.40. The van der Waals surface area contributed by atoms with E-state index in [4.69, 9.17) is 9.47 Å². The van der Waals surface area contributed by atoms with Crippen molar-refractivity contribution in [2.75, 3.05) is 20.8 Å². The first-order valence-electron chi connectivity index (χ1n) is 10.8. The van der Waals surface area contributed by atoms with Crippen LogP contribution in [0.25, 0.3) is 0 Å². The lowest BCUT2D eigenvalue weighted by molar-refractivity contribution is -0.125. The van der Waals surface area contributed by atoms with Gasteiger partial charge in [-0.05, 0) is 25.7 Å². The molecular formula is C23H39NO5. The quantitative estimate of drug-likeness (QED) is 0.340. The number of amides is 1. The van der Waals surface area contributed by atoms with Crippen molar-refractivity contribution < 1.29 is 24.2 Å². The SMILES string of the molecule is CCCCC[C@@H](C/C=C/CCC(=O)NC[C@@H](OC)C1=CC[C@@H](O)[C@@H](C)C1=O)OC. The van der Waals surface area contributed by atoms with E-state index in [2.05, 4.69) is 18.3 Å². The zero-order valence-electron chi connectivity index (χ0n) is 18.5. The van der Waals surface area contributed by atoms with E-state index in [-0.39, 0.29) is 24.3 Å². The molecule has 1 rings (SSSR count). The molecular weight excluding hydrogens is 370 g/mol. The summed E-state index contributed by atoms with van der Waals surface area (Å²) in [6.45, 7) is 4.16. The average molecular weight is 410 g/mol. The Bertz CT molecular complexity index is 557. The average Bonchev–Trinajstić information content (AvgIpc) is 2.72. The molecule has 0 bridgehead atoms. The van der Waals surface area contributed by atoms with E-state index < -0.39 is 18.1 Å². The molecule has 0 spiro atoms. The molecule has 0 fully saturated rings. The van der Waals surface area contributed by atoms with Crippen LogP contribution in [0.1, 0.15) is 65.2 Å². The van der Waals surface area contributed by atoms with Crippen molar-refractivity contribution in [2.45, 2.75) is 83.5 Å². The summed E-state index contributed by atoms with van der Waals surface area (Å²) >= 11 is 0. The Hall–Kier alpha value is -1.50. The van der Waals surface area contributed by atoms with Crippen LogP contribution in [0.4, 0.5) is 0 Å². The number of carbonyl (C=O) groups excluding carboxylic acids is 2. The van der Waals surface area contributed by atoms with E-state index in [0.717, 1.165) is 12.8 Å². The zero-order valence-corrected chi connectivity index (χ0v) is 18.5. The van der Waals surface area contributed by atoms with Crippen LogP contribution in [0.3, 0.4) is 0 Å². The summed E-state index contributed by atoms with van der Waals surface area (Å²) in [6, 6.07) is 0. The topological polar surface area (TPSA) is 84.9 Å². The Morgan fingerprint density at radius 3 is 2.72 bits per heavy atom. The Morgan fingerprint density at radius 2 is 2.07 bits per heavy atom. The number of aliphatic hydroxyl groups is 1. The summed E-state index contributed by atoms with van der Waals surface area (Å²) in [7, 11) is 3.27. The molecule has 0 aromatic rings. The van der Waals surface area contributed by atoms with Crippen LogP contribution in [0.5, 0.6) is 0 Å². The number of carbonyl (C=O) groups is 2. The number of ether oxygens (including phenoxy) is 2. The van der Waals surface area contributed by atoms with E-state index in [0.29, 0.717) is 24.8 Å². The molecule has 1 amide bonds. The maximum Gasteiger partial charge on any atom is 0.220 e. The maximum absolute atomic E-state index is 12.3. The summed E-state index contributed by atoms with van der Waals surface area (Å²) in [5.41, 5.74) is 0.541. The van der Waals surface area contributed by atoms with Gasteiger partial charge in [0.2, 0.25) is 5.91 Å². The third kappa shape index (κ3) is 9.24. The van der Waals surface area contributed by atoms with Crippen molar-refractivity contribution >= 4 is 11.7 Å². The first kappa shape index (κ1) is 25.5. The number of allylic oxidation sites excluding steroid dienone is 1. The first-order valence-corrected chi connectivity index (χ1v) is 10.8. The first-order chi connectivity index (χ1) is 13.9. The Morgan fingerprint density at radius 1 is 1.31 bits per heavy atom. The number of methoxy groups -OCH3 is 2. The van der Waals surface area contributed by atoms with Crippen LogP contribution in [-0.4, -0.2) is 55.9 Å². The van der Waals surface area contributed by atoms with Crippen LogP contribution in [-0.2, 0) is 19.1 Å². The molecule has 0 aromatic carbocycles. The van der Waals surface area contributed by atoms with Crippen LogP contribution in [0.15, 0.2) is 23.8 Å². The summed E-state index contributed by atoms with van der Waals surface area (Å²) < 4.78 is 10.9. The van der Waals surface area contributed by atoms with Gasteiger partial charge < -0.3 is 19.9 Å². The molecule has 0 saturated carbocycles. The normalized spacial score (nSPS) is 21.8. The maximum atomic E-state index is 12.3. The molecule has 1 aliphatic carbocycles. The zero-order chi connectivity index (χ0) is 21.6. The van der Waals surface area contributed by atoms with E-state index in [1.54, 1.807) is 20.1 Å². The minimum absolute atomic E-state index is 0.0696. The Balaban J connectivity index is 2.32. The molecule has 0 saturated heterocycles. The van der Waals surface area contributed by atoms with Gasteiger partial charge in [0.15, 0.2) is 5.78 Å². The molecule has 0 aliphatic heterocycles. The van der Waals surface area contributed by atoms with Crippen LogP contribution >= 0.6 is 0 Å². The largest absolute Gasteiger partial charge is 0.392 e. The second kappa shape index (κ2) is 14.5. The number of rotatable bonds is 14. The van der Waals surface area contributed by atoms with Crippen molar-refractivity contribution in [1.82, 2.24) is 5.32 Å². The van der Waals surface area contributed by atoms with E-state index >= 15 is 0 Å². The van der Waals surface area contributed by atoms with Crippen LogP contribution in [0, 0.1) is 5.92 Å². The molecule has 4 atom stereocenters. The minimum atomic E-state index is -0.644. The highest BCUT2D eigenvalue weighted by Crippen LogP contribution is 2.24. The van der Waals surface area contributed by atoms with Crippen molar-refractivity contribution in [3.05, 3.63) is 23.8 Å². The molecule has 166 valence electrons. The van der Waals surface area contributed by atoms with Crippen LogP contribution < -0.4 is 5.32 Å². The fourth-order valence-corrected chi connectivity index (χ4v) is 3.43. The highest BCUT2D eigenvalue weighted by Gasteiger charge is 2.32. The molecule has 1 aliphatic rings. The molecule has 0 heterocycles. The summed E-state index contributed by atoms with van der Waals surface area (Å²) in [4.78, 5) is 24.4. The van der Waals surface area contributed by atoms with Crippen molar-refractivity contribution in [3.63, 3.8) is 0 Å². The summed E-state index contributed by atoms with van der Waals surface area (Å²) in [6.07, 6.45) is 12.0. The van der Waals surface area contributed by atoms with Gasteiger partial charge >= 0.3 is 0 Å². The number of nitrogens with one attached hydrogen (secondary N) is 1. The number of hydrogen-bond donors (Lipinski definition) is 2. The highest BCUT2D eigenvalue weighted by molar-refractivity contribution is 5.99. The van der Waals surface area contributed by atoms with Gasteiger partial charge in [-0.15, -0.1) is 0 Å². The van der Waals surface area contributed by atoms with Gasteiger partial charge in [-0.25, -0.2) is 0 Å². The van der Waals surface area contributed by atoms with Gasteiger partial charge in [0, 0.05) is 38.7 Å². The summed E-state index contributed by atoms with van der Waals surface area (Å²) in [5.74, 6) is -0.620. The van der Waals surface area contributed by atoms with Gasteiger partial charge in [0.25, 0.3) is 0 Å². The standard InChI is InChI=1S/C23H39NO5/c1-5-6-8-11-18(28-3)12-9-7-10-13-22(26)24-16-21(29-4)19-14-15-20(25)17(2)23(19)27/h7,9,14,17-18,20-21,25H,5-6,8,10-13,15-16H2,1-4H3,(H,24,26)/b9-7+/t17-,18+,20-,21-/m1/s1. The Labute approximate surface area is 175 Å². The van der Waals surface area contributed by atoms with E-state index in [1.165, 1.54) is 26.4 Å². The molecule has 6 heteroatoms. The van der Waals surface area contributed by atoms with Crippen molar-refractivity contribution in [2.24, 2.45) is 5.92 Å². The number of Topliss-reactive ketones (excluding diaryl/α,β-unsaturated/α-hetero) is 1. The van der Waals surface area contributed by atoms with Gasteiger partial charge in [0.05, 0.1) is 12.2 Å². The lowest BCUT2D eigenvalue weighted by atomic mass is 9.84. The van der Waals surface area contributed by atoms with Crippen molar-refractivity contribution in [1.29, 1.82) is 0 Å². The highest BCUT2D eigenvalue weighted by atomic mass is 16.5. The monoisotopic (exact) mass is 409 g/mol. The Kier molecular flexibility index (Phi) is 12.7. The molecule has 29 heavy (non-hydrogen) atoms. The molecule has 6 nitrogen and oxygen atoms in total. The molecule has 0 unspecified atom stereocenters. The number of aliphatic hydroxyl groups excluding tert-OH is 1. The van der Waals surface area contributed by atoms with Gasteiger partial charge in [-0.3, -0.25) is 9.59 Å². The predicted octanol–water partition coefficient (Wildman–Crippen LogP) is 3.34. The third-order valence-corrected chi connectivity index (χ3v) is 5.54. The second-order valence-electron chi connectivity index (χ2n) is 7.74. The van der Waals surface area contributed by atoms with Crippen LogP contribution in [0.2, 0.25) is 0 Å². The number of hydrogen-bond acceptors (Lipinski definition) is 5. The van der Waals surface area contributed by atoms with E-state index in [9.17, 15) is 14.7 Å². The smallest absolute Gasteiger partial charge is 0.220 e. The predicted molar refractivity (Wildman–Crippen MR) is 115 cm³/mol. The van der Waals surface area contributed by atoms with Gasteiger partial charge in [-0.2, -0.15) is 0 Å². The number of unbranched alkanes of at least 4 members (excludes halogenated alkanes) is 2. The van der Waals surface area contributed by atoms with E-state index in [1.807, 2.05) is 6.08 Å². The van der Waals surface area contributed by atoms with Gasteiger partial charge in [0.1, 0.15) is 6.10 Å². The third-order valence-electron chi connectivity index (χ3n) is 5.54. The lowest BCUT2D eigenvalue weighted by Gasteiger charge is -2.27. The molecule has 2 N–H and O–H groups in total. The van der Waals surface area contributed by atoms with Crippen molar-refractivity contribution in [3.8, 4) is 0 Å². The fourth-order valence-electron chi connectivity index (χ4n) is 3.43. The molecule has 0 aromatic heterocycles. The fraction of sp³-hybridized carbons (Fsp3) is 0.739. The second-order valence-corrected chi connectivity index (χ2v) is 7.74.